The molecule has 9 amide bonds. The molecule has 34 heteroatoms. The number of carboxylic acid groups (broad SMARTS) is 3. The SMILES string of the molecule is C=CCC(CCCNC(=O)OCC1c2ccccc2-c2ccc(S(=O)(=O)O)cc21)C(=O)NC(CC(=O)O)C(=O)NCC(=O)NC(CC(=O)O)C(=O)NCC(=O)NCC(=O)NC(C(=O)NC(CC(=O)c1ccccc1N)C(=O)OC(C)CC(=O)NCC(C)=O)C(C)CC(=O)O. The Balaban J connectivity index is 1.29. The third kappa shape index (κ3) is 24.9. The average Bonchev–Trinajstić information content (AvgIpc) is 1.60. The minimum atomic E-state index is -4.54. The second kappa shape index (κ2) is 36.4. The summed E-state index contributed by atoms with van der Waals surface area (Å²) < 4.78 is 44.2. The van der Waals surface area contributed by atoms with E-state index in [4.69, 9.17) is 15.2 Å². The Morgan fingerprint density at radius 2 is 1.17 bits per heavy atom. The molecule has 1 aliphatic rings. The van der Waals surface area contributed by atoms with Crippen LogP contribution >= 0.6 is 0 Å². The van der Waals surface area contributed by atoms with Crippen molar-refractivity contribution in [3.8, 4) is 11.1 Å². The highest BCUT2D eigenvalue weighted by Gasteiger charge is 2.36. The number of carbonyl (C=O) groups excluding carboxylic acids is 12. The van der Waals surface area contributed by atoms with Crippen LogP contribution in [0.25, 0.3) is 11.1 Å². The molecule has 15 N–H and O–H groups in total. The van der Waals surface area contributed by atoms with Gasteiger partial charge in [-0.05, 0) is 85.5 Å². The number of aliphatic carboxylic acids is 3. The lowest BCUT2D eigenvalue weighted by Gasteiger charge is -2.26. The highest BCUT2D eigenvalue weighted by atomic mass is 32.2. The molecule has 0 saturated carbocycles. The zero-order valence-corrected chi connectivity index (χ0v) is 52.0. The summed E-state index contributed by atoms with van der Waals surface area (Å²) >= 11 is 0. The molecule has 508 valence electrons. The number of nitrogen functional groups attached to an aromatic ring is 1. The van der Waals surface area contributed by atoms with E-state index in [1.807, 2.05) is 11.4 Å². The summed E-state index contributed by atoms with van der Waals surface area (Å²) in [6.45, 7) is 3.90. The Bertz CT molecular complexity index is 3510. The summed E-state index contributed by atoms with van der Waals surface area (Å²) in [5, 5.41) is 48.6. The number of ketones is 2. The van der Waals surface area contributed by atoms with E-state index in [1.165, 1.54) is 63.2 Å². The first-order valence-corrected chi connectivity index (χ1v) is 30.5. The number of alkyl carbamates (subject to hydrolysis) is 1. The molecule has 0 radical (unpaired) electrons. The molecule has 0 bridgehead atoms. The number of nitrogens with one attached hydrogen (secondary N) is 9. The first kappa shape index (κ1) is 75.8. The molecule has 0 spiro atoms. The number of anilines is 1. The van der Waals surface area contributed by atoms with Gasteiger partial charge in [0, 0.05) is 36.1 Å². The van der Waals surface area contributed by atoms with Crippen molar-refractivity contribution in [2.75, 3.05) is 45.1 Å². The molecule has 3 aromatic carbocycles. The van der Waals surface area contributed by atoms with Crippen LogP contribution in [0.4, 0.5) is 10.5 Å². The number of hydrogen-bond acceptors (Lipinski definition) is 20. The van der Waals surface area contributed by atoms with Crippen molar-refractivity contribution in [1.82, 2.24) is 47.9 Å². The lowest BCUT2D eigenvalue weighted by Crippen LogP contribution is -2.56. The van der Waals surface area contributed by atoms with Crippen LogP contribution in [0.1, 0.15) is 99.5 Å². The van der Waals surface area contributed by atoms with Gasteiger partial charge in [-0.15, -0.1) is 6.58 Å². The lowest BCUT2D eigenvalue weighted by molar-refractivity contribution is -0.154. The van der Waals surface area contributed by atoms with Crippen LogP contribution in [0.5, 0.6) is 0 Å². The third-order valence-corrected chi connectivity index (χ3v) is 14.9. The highest BCUT2D eigenvalue weighted by molar-refractivity contribution is 7.85. The van der Waals surface area contributed by atoms with Crippen LogP contribution in [0, 0.1) is 11.8 Å². The molecule has 4 rings (SSSR count). The maximum atomic E-state index is 13.9. The third-order valence-electron chi connectivity index (χ3n) is 14.1. The Morgan fingerprint density at radius 1 is 0.606 bits per heavy atom. The van der Waals surface area contributed by atoms with Gasteiger partial charge in [-0.2, -0.15) is 8.42 Å². The molecular weight excluding hydrogens is 1260 g/mol. The molecule has 94 heavy (non-hydrogen) atoms. The molecule has 0 saturated heterocycles. The monoisotopic (exact) mass is 1330 g/mol. The van der Waals surface area contributed by atoms with Crippen LogP contribution in [0.3, 0.4) is 0 Å². The summed E-state index contributed by atoms with van der Waals surface area (Å²) in [6, 6.07) is 9.65. The number of Topliss-reactive ketones (excluding diaryl/α,β-unsaturated/α-hetero) is 2. The summed E-state index contributed by atoms with van der Waals surface area (Å²) in [7, 11) is -4.54. The van der Waals surface area contributed by atoms with Gasteiger partial charge in [-0.25, -0.2) is 9.59 Å². The topological polar surface area (TPSA) is 524 Å². The Hall–Kier alpha value is -10.6. The van der Waals surface area contributed by atoms with Gasteiger partial charge in [0.15, 0.2) is 5.78 Å². The van der Waals surface area contributed by atoms with E-state index in [1.54, 1.807) is 24.3 Å². The number of ether oxygens (including phenoxy) is 2. The second-order valence-electron chi connectivity index (χ2n) is 21.7. The van der Waals surface area contributed by atoms with Gasteiger partial charge in [0.1, 0.15) is 42.7 Å². The number of hydrogen-bond donors (Lipinski definition) is 14. The number of benzene rings is 3. The van der Waals surface area contributed by atoms with E-state index in [2.05, 4.69) is 49.1 Å². The van der Waals surface area contributed by atoms with E-state index in [0.717, 1.165) is 11.1 Å². The highest BCUT2D eigenvalue weighted by Crippen LogP contribution is 2.45. The van der Waals surface area contributed by atoms with Crippen molar-refractivity contribution in [3.05, 3.63) is 96.1 Å². The lowest BCUT2D eigenvalue weighted by atomic mass is 9.96. The Kier molecular flexibility index (Phi) is 29.4. The number of carboxylic acids is 3. The van der Waals surface area contributed by atoms with E-state index >= 15 is 0 Å². The molecular formula is C60H74N10O23S. The number of fused-ring (bicyclic) bond motifs is 3. The first-order valence-electron chi connectivity index (χ1n) is 29.0. The van der Waals surface area contributed by atoms with Crippen LogP contribution in [-0.4, -0.2) is 187 Å². The van der Waals surface area contributed by atoms with Gasteiger partial charge < -0.3 is 78.4 Å². The number of amides is 9. The molecule has 0 aliphatic heterocycles. The van der Waals surface area contributed by atoms with E-state index in [0.29, 0.717) is 11.1 Å². The standard InChI is InChI=1S/C60H74N10O23S/c1-5-11-34(12-10-19-62-60(88)92-30-41-37-14-7-6-13-36(37)38-18-17-35(22-40(38)41)94(89,90)91)55(83)68-44(25-53(81)82)57(85)66-29-49(75)67-43(24-52(79)80)56(84)65-27-48(74)64-28-50(76)70-54(31(2)20-51(77)78)58(86)69-45(23-46(72)39-15-8-9-16-42(39)61)59(87)93-33(4)21-47(73)63-26-32(3)71/h5-9,13-18,22,31,33-34,41,43-45,54H,1,10-12,19-21,23-30,61H2,2-4H3,(H,62,88)(H,63,73)(H,64,74)(H,65,84)(H,66,85)(H,67,75)(H,68,83)(H,69,86)(H,70,76)(H,77,78)(H,79,80)(H,81,82)(H,89,90,91). The maximum Gasteiger partial charge on any atom is 0.407 e. The van der Waals surface area contributed by atoms with Gasteiger partial charge in [-0.1, -0.05) is 55.5 Å². The predicted octanol–water partition coefficient (Wildman–Crippen LogP) is -1.03. The van der Waals surface area contributed by atoms with Gasteiger partial charge in [-0.3, -0.25) is 66.9 Å². The van der Waals surface area contributed by atoms with Crippen LogP contribution < -0.4 is 53.6 Å². The van der Waals surface area contributed by atoms with E-state index in [-0.39, 0.29) is 60.9 Å². The molecule has 0 heterocycles. The van der Waals surface area contributed by atoms with Crippen LogP contribution in [0.15, 0.2) is 84.3 Å². The zero-order chi connectivity index (χ0) is 70.0. The quantitative estimate of drug-likeness (QED) is 0.00811. The molecule has 1 aliphatic carbocycles. The summed E-state index contributed by atoms with van der Waals surface area (Å²) in [5.74, 6) is -18.4. The minimum absolute atomic E-state index is 0.00858. The van der Waals surface area contributed by atoms with Crippen LogP contribution in [-0.2, 0) is 81.9 Å². The van der Waals surface area contributed by atoms with Gasteiger partial charge in [0.2, 0.25) is 47.3 Å². The number of para-hydroxylation sites is 1. The number of carbonyl (C=O) groups is 15. The second-order valence-corrected chi connectivity index (χ2v) is 23.1. The van der Waals surface area contributed by atoms with Crippen LogP contribution in [0.2, 0.25) is 0 Å². The van der Waals surface area contributed by atoms with E-state index in [9.17, 15) is 100 Å². The van der Waals surface area contributed by atoms with Crippen molar-refractivity contribution < 1.29 is 110 Å². The molecule has 33 nitrogen and oxygen atoms in total. The fourth-order valence-corrected chi connectivity index (χ4v) is 10.0. The van der Waals surface area contributed by atoms with Gasteiger partial charge in [0.25, 0.3) is 10.1 Å². The van der Waals surface area contributed by atoms with Gasteiger partial charge >= 0.3 is 30.0 Å². The Morgan fingerprint density at radius 3 is 1.79 bits per heavy atom. The molecule has 3 aromatic rings. The predicted molar refractivity (Wildman–Crippen MR) is 327 cm³/mol. The number of allylic oxidation sites excluding steroid dienone is 1. The minimum Gasteiger partial charge on any atom is -0.481 e. The maximum absolute atomic E-state index is 13.9. The molecule has 0 aromatic heterocycles. The van der Waals surface area contributed by atoms with Crippen molar-refractivity contribution >= 4 is 105 Å². The van der Waals surface area contributed by atoms with Crippen molar-refractivity contribution in [2.24, 2.45) is 11.8 Å². The molecule has 8 unspecified atom stereocenters. The van der Waals surface area contributed by atoms with E-state index < -0.39 is 193 Å². The van der Waals surface area contributed by atoms with Crippen molar-refractivity contribution in [3.63, 3.8) is 0 Å². The number of nitrogens with two attached hydrogens (primary N) is 1. The number of rotatable bonds is 39. The summed E-state index contributed by atoms with van der Waals surface area (Å²) in [4.78, 5) is 191. The number of esters is 1. The summed E-state index contributed by atoms with van der Waals surface area (Å²) in [5.41, 5.74) is 8.64. The zero-order valence-electron chi connectivity index (χ0n) is 51.2. The fraction of sp³-hybridized carbons (Fsp3) is 0.417. The van der Waals surface area contributed by atoms with Gasteiger partial charge in [0.05, 0.1) is 56.8 Å². The molecule has 8 atom stereocenters. The fourth-order valence-electron chi connectivity index (χ4n) is 9.52. The normalized spacial score (nSPS) is 14.2. The smallest absolute Gasteiger partial charge is 0.407 e. The largest absolute Gasteiger partial charge is 0.481 e. The molecule has 0 fully saturated rings. The van der Waals surface area contributed by atoms with Crippen molar-refractivity contribution in [1.29, 1.82) is 0 Å². The Labute approximate surface area is 537 Å². The van der Waals surface area contributed by atoms with Crippen molar-refractivity contribution in [2.45, 2.75) is 113 Å². The first-order chi connectivity index (χ1) is 44.3. The summed E-state index contributed by atoms with van der Waals surface area (Å²) in [6.07, 6.45) is -4.49. The average molecular weight is 1340 g/mol.